The fraction of sp³-hybridized carbons (Fsp3) is 0.857. The third kappa shape index (κ3) is 1.89. The highest BCUT2D eigenvalue weighted by Gasteiger charge is 2.32. The second kappa shape index (κ2) is 3.17. The molecule has 0 aromatic heterocycles. The van der Waals surface area contributed by atoms with Gasteiger partial charge in [0, 0.05) is 0 Å². The fourth-order valence-electron chi connectivity index (χ4n) is 1.33. The van der Waals surface area contributed by atoms with E-state index in [0.29, 0.717) is 6.42 Å². The molecule has 0 aliphatic heterocycles. The Morgan fingerprint density at radius 3 is 2.55 bits per heavy atom. The first-order valence-electron chi connectivity index (χ1n) is 3.66. The standard InChI is InChI=1S/C7H11FO3/c8-5-2-1-4(7(10)11)3-6(5)9/h4-6,9H,1-3H2,(H,10,11)/t4-,5+,6+/m1/s1. The molecule has 64 valence electrons. The molecule has 1 saturated carbocycles. The van der Waals surface area contributed by atoms with Gasteiger partial charge in [0.15, 0.2) is 0 Å². The maximum absolute atomic E-state index is 12.6. The molecule has 1 aliphatic carbocycles. The van der Waals surface area contributed by atoms with Crippen LogP contribution in [0.3, 0.4) is 0 Å². The van der Waals surface area contributed by atoms with Crippen molar-refractivity contribution in [1.29, 1.82) is 0 Å². The van der Waals surface area contributed by atoms with Gasteiger partial charge >= 0.3 is 5.97 Å². The highest BCUT2D eigenvalue weighted by Crippen LogP contribution is 2.26. The summed E-state index contributed by atoms with van der Waals surface area (Å²) in [6, 6.07) is 0. The van der Waals surface area contributed by atoms with Crippen LogP contribution in [0.1, 0.15) is 19.3 Å². The molecule has 3 atom stereocenters. The topological polar surface area (TPSA) is 57.5 Å². The smallest absolute Gasteiger partial charge is 0.306 e. The van der Waals surface area contributed by atoms with E-state index in [1.165, 1.54) is 0 Å². The molecule has 0 amide bonds. The number of aliphatic carboxylic acids is 1. The lowest BCUT2D eigenvalue weighted by Gasteiger charge is -2.25. The quantitative estimate of drug-likeness (QED) is 0.592. The van der Waals surface area contributed by atoms with Gasteiger partial charge in [0.05, 0.1) is 12.0 Å². The van der Waals surface area contributed by atoms with Crippen molar-refractivity contribution >= 4 is 5.97 Å². The average molecular weight is 162 g/mol. The van der Waals surface area contributed by atoms with E-state index in [4.69, 9.17) is 10.2 Å². The van der Waals surface area contributed by atoms with Crippen molar-refractivity contribution in [2.45, 2.75) is 31.5 Å². The lowest BCUT2D eigenvalue weighted by atomic mass is 9.86. The normalized spacial score (nSPS) is 38.5. The third-order valence-corrected chi connectivity index (χ3v) is 2.08. The number of alkyl halides is 1. The summed E-state index contributed by atoms with van der Waals surface area (Å²) in [6.45, 7) is 0. The Balaban J connectivity index is 2.46. The Labute approximate surface area is 63.8 Å². The van der Waals surface area contributed by atoms with Crippen molar-refractivity contribution in [3.05, 3.63) is 0 Å². The summed E-state index contributed by atoms with van der Waals surface area (Å²) in [6.07, 6.45) is -1.75. The Kier molecular flexibility index (Phi) is 2.44. The SMILES string of the molecule is O=C(O)[C@@H]1CC[C@H](F)[C@@H](O)C1. The molecule has 0 aromatic rings. The minimum absolute atomic E-state index is 0.0521. The van der Waals surface area contributed by atoms with E-state index in [-0.39, 0.29) is 12.8 Å². The minimum Gasteiger partial charge on any atom is -0.481 e. The van der Waals surface area contributed by atoms with Gasteiger partial charge in [-0.2, -0.15) is 0 Å². The largest absolute Gasteiger partial charge is 0.481 e. The molecule has 0 heterocycles. The van der Waals surface area contributed by atoms with Crippen molar-refractivity contribution in [2.75, 3.05) is 0 Å². The summed E-state index contributed by atoms with van der Waals surface area (Å²) in [5.41, 5.74) is 0. The van der Waals surface area contributed by atoms with Crippen LogP contribution >= 0.6 is 0 Å². The second-order valence-corrected chi connectivity index (χ2v) is 2.93. The van der Waals surface area contributed by atoms with Gasteiger partial charge in [-0.05, 0) is 19.3 Å². The number of carboxylic acids is 1. The first kappa shape index (κ1) is 8.46. The number of carboxylic acid groups (broad SMARTS) is 1. The van der Waals surface area contributed by atoms with E-state index in [9.17, 15) is 9.18 Å². The van der Waals surface area contributed by atoms with Crippen LogP contribution in [0.4, 0.5) is 4.39 Å². The van der Waals surface area contributed by atoms with E-state index >= 15 is 0 Å². The lowest BCUT2D eigenvalue weighted by molar-refractivity contribution is -0.145. The number of carbonyl (C=O) groups is 1. The maximum Gasteiger partial charge on any atom is 0.306 e. The Bertz CT molecular complexity index is 160. The highest BCUT2D eigenvalue weighted by atomic mass is 19.1. The van der Waals surface area contributed by atoms with Gasteiger partial charge in [-0.25, -0.2) is 4.39 Å². The number of rotatable bonds is 1. The third-order valence-electron chi connectivity index (χ3n) is 2.08. The van der Waals surface area contributed by atoms with Gasteiger partial charge < -0.3 is 10.2 Å². The second-order valence-electron chi connectivity index (χ2n) is 2.93. The van der Waals surface area contributed by atoms with Crippen LogP contribution in [0.25, 0.3) is 0 Å². The Hall–Kier alpha value is -0.640. The molecule has 3 nitrogen and oxygen atoms in total. The number of hydrogen-bond donors (Lipinski definition) is 2. The number of hydrogen-bond acceptors (Lipinski definition) is 2. The molecule has 0 spiro atoms. The number of halogens is 1. The average Bonchev–Trinajstić information content (AvgIpc) is 1.94. The van der Waals surface area contributed by atoms with E-state index < -0.39 is 24.2 Å². The highest BCUT2D eigenvalue weighted by molar-refractivity contribution is 5.70. The summed E-state index contributed by atoms with van der Waals surface area (Å²) in [5.74, 6) is -1.49. The van der Waals surface area contributed by atoms with Crippen LogP contribution in [0.5, 0.6) is 0 Å². The zero-order chi connectivity index (χ0) is 8.43. The molecule has 4 heteroatoms. The predicted octanol–water partition coefficient (Wildman–Crippen LogP) is 0.570. The summed E-state index contributed by atoms with van der Waals surface area (Å²) in [7, 11) is 0. The summed E-state index contributed by atoms with van der Waals surface area (Å²) < 4.78 is 12.6. The molecule has 1 rings (SSSR count). The molecule has 0 bridgehead atoms. The lowest BCUT2D eigenvalue weighted by Crippen LogP contribution is -2.33. The molecule has 11 heavy (non-hydrogen) atoms. The molecule has 0 aromatic carbocycles. The monoisotopic (exact) mass is 162 g/mol. The van der Waals surface area contributed by atoms with Crippen molar-refractivity contribution < 1.29 is 19.4 Å². The summed E-state index contributed by atoms with van der Waals surface area (Å²) in [4.78, 5) is 10.4. The molecule has 1 fully saturated rings. The molecule has 1 aliphatic rings. The van der Waals surface area contributed by atoms with Crippen molar-refractivity contribution in [3.8, 4) is 0 Å². The Morgan fingerprint density at radius 1 is 1.45 bits per heavy atom. The van der Waals surface area contributed by atoms with Crippen LogP contribution in [0.15, 0.2) is 0 Å². The first-order chi connectivity index (χ1) is 5.11. The molecule has 0 unspecified atom stereocenters. The molecular weight excluding hydrogens is 151 g/mol. The number of aliphatic hydroxyl groups is 1. The van der Waals surface area contributed by atoms with Crippen molar-refractivity contribution in [1.82, 2.24) is 0 Å². The van der Waals surface area contributed by atoms with Crippen LogP contribution in [0, 0.1) is 5.92 Å². The summed E-state index contributed by atoms with van der Waals surface area (Å²) >= 11 is 0. The number of aliphatic hydroxyl groups excluding tert-OH is 1. The van der Waals surface area contributed by atoms with Crippen LogP contribution in [-0.2, 0) is 4.79 Å². The van der Waals surface area contributed by atoms with Crippen molar-refractivity contribution in [3.63, 3.8) is 0 Å². The zero-order valence-electron chi connectivity index (χ0n) is 6.03. The van der Waals surface area contributed by atoms with E-state index in [0.717, 1.165) is 0 Å². The van der Waals surface area contributed by atoms with Gasteiger partial charge in [0.2, 0.25) is 0 Å². The van der Waals surface area contributed by atoms with E-state index in [1.807, 2.05) is 0 Å². The first-order valence-corrected chi connectivity index (χ1v) is 3.66. The minimum atomic E-state index is -1.23. The van der Waals surface area contributed by atoms with Gasteiger partial charge in [-0.15, -0.1) is 0 Å². The van der Waals surface area contributed by atoms with Crippen LogP contribution in [-0.4, -0.2) is 28.5 Å². The fourth-order valence-corrected chi connectivity index (χ4v) is 1.33. The molecule has 2 N–H and O–H groups in total. The van der Waals surface area contributed by atoms with E-state index in [2.05, 4.69) is 0 Å². The maximum atomic E-state index is 12.6. The van der Waals surface area contributed by atoms with Gasteiger partial charge in [-0.1, -0.05) is 0 Å². The molecular formula is C7H11FO3. The molecule has 0 saturated heterocycles. The van der Waals surface area contributed by atoms with Gasteiger partial charge in [-0.3, -0.25) is 4.79 Å². The van der Waals surface area contributed by atoms with Crippen LogP contribution < -0.4 is 0 Å². The van der Waals surface area contributed by atoms with E-state index in [1.54, 1.807) is 0 Å². The van der Waals surface area contributed by atoms with Gasteiger partial charge in [0.1, 0.15) is 6.17 Å². The Morgan fingerprint density at radius 2 is 2.09 bits per heavy atom. The zero-order valence-corrected chi connectivity index (χ0v) is 6.03. The van der Waals surface area contributed by atoms with Crippen molar-refractivity contribution in [2.24, 2.45) is 5.92 Å². The predicted molar refractivity (Wildman–Crippen MR) is 35.9 cm³/mol. The van der Waals surface area contributed by atoms with Gasteiger partial charge in [0.25, 0.3) is 0 Å². The summed E-state index contributed by atoms with van der Waals surface area (Å²) in [5, 5.41) is 17.5. The molecule has 0 radical (unpaired) electrons. The van der Waals surface area contributed by atoms with Crippen LogP contribution in [0.2, 0.25) is 0 Å².